The quantitative estimate of drug-likeness (QED) is 0.698. The van der Waals surface area contributed by atoms with Crippen LogP contribution in [-0.4, -0.2) is 9.97 Å². The van der Waals surface area contributed by atoms with E-state index in [9.17, 15) is 4.39 Å². The fourth-order valence-electron chi connectivity index (χ4n) is 1.61. The Kier molecular flexibility index (Phi) is 3.15. The number of thiazole rings is 1. The number of hydrogen-bond donors (Lipinski definition) is 2. The number of halogens is 2. The molecule has 0 amide bonds. The Morgan fingerprint density at radius 1 is 1.44 bits per heavy atom. The third-order valence-electron chi connectivity index (χ3n) is 2.39. The number of aromatic amines is 1. The standard InChI is InChI=1S/C11H7ClFN3S2/c12-6-5-15-10-8(2-1-7(13)9(6)10)16-18-11-14-3-4-17-11/h1-5,15-16H. The number of hydrogen-bond acceptors (Lipinski definition) is 4. The number of benzene rings is 1. The van der Waals surface area contributed by atoms with E-state index in [-0.39, 0.29) is 5.82 Å². The van der Waals surface area contributed by atoms with Crippen molar-refractivity contribution in [2.75, 3.05) is 4.72 Å². The zero-order valence-electron chi connectivity index (χ0n) is 8.91. The van der Waals surface area contributed by atoms with Crippen molar-refractivity contribution in [3.8, 4) is 0 Å². The smallest absolute Gasteiger partial charge is 0.170 e. The van der Waals surface area contributed by atoms with Gasteiger partial charge in [0.2, 0.25) is 0 Å². The Balaban J connectivity index is 1.95. The minimum atomic E-state index is -0.332. The predicted octanol–water partition coefficient (Wildman–Crippen LogP) is 4.54. The van der Waals surface area contributed by atoms with Crippen LogP contribution in [0.5, 0.6) is 0 Å². The Labute approximate surface area is 116 Å². The molecule has 2 N–H and O–H groups in total. The molecule has 3 rings (SSSR count). The van der Waals surface area contributed by atoms with Gasteiger partial charge in [-0.15, -0.1) is 11.3 Å². The highest BCUT2D eigenvalue weighted by Gasteiger charge is 2.11. The van der Waals surface area contributed by atoms with Crippen molar-refractivity contribution in [1.29, 1.82) is 0 Å². The van der Waals surface area contributed by atoms with Crippen molar-refractivity contribution in [2.45, 2.75) is 4.34 Å². The van der Waals surface area contributed by atoms with Gasteiger partial charge in [-0.2, -0.15) is 0 Å². The van der Waals surface area contributed by atoms with Gasteiger partial charge in [-0.3, -0.25) is 0 Å². The molecule has 0 spiro atoms. The van der Waals surface area contributed by atoms with E-state index < -0.39 is 0 Å². The highest BCUT2D eigenvalue weighted by molar-refractivity contribution is 8.02. The number of fused-ring (bicyclic) bond motifs is 1. The molecule has 0 saturated carbocycles. The van der Waals surface area contributed by atoms with Crippen LogP contribution in [0.25, 0.3) is 10.9 Å². The SMILES string of the molecule is Fc1ccc(NSc2nccs2)c2[nH]cc(Cl)c12. The zero-order valence-corrected chi connectivity index (χ0v) is 11.3. The van der Waals surface area contributed by atoms with E-state index in [1.807, 2.05) is 5.38 Å². The highest BCUT2D eigenvalue weighted by atomic mass is 35.5. The molecular formula is C11H7ClFN3S2. The molecule has 0 aliphatic carbocycles. The summed E-state index contributed by atoms with van der Waals surface area (Å²) < 4.78 is 17.7. The van der Waals surface area contributed by atoms with E-state index in [2.05, 4.69) is 14.7 Å². The molecule has 0 saturated heterocycles. The van der Waals surface area contributed by atoms with Gasteiger partial charge in [0.1, 0.15) is 5.82 Å². The van der Waals surface area contributed by atoms with Crippen LogP contribution in [0.4, 0.5) is 10.1 Å². The van der Waals surface area contributed by atoms with Gasteiger partial charge >= 0.3 is 0 Å². The fraction of sp³-hybridized carbons (Fsp3) is 0. The predicted molar refractivity (Wildman–Crippen MR) is 74.9 cm³/mol. The molecule has 2 aromatic heterocycles. The summed E-state index contributed by atoms with van der Waals surface area (Å²) in [5.74, 6) is -0.332. The van der Waals surface area contributed by atoms with Gasteiger partial charge in [-0.05, 0) is 12.1 Å². The molecular weight excluding hydrogens is 293 g/mol. The summed E-state index contributed by atoms with van der Waals surface area (Å²) in [5.41, 5.74) is 1.43. The first-order valence-electron chi connectivity index (χ1n) is 5.03. The first-order valence-corrected chi connectivity index (χ1v) is 7.10. The molecule has 92 valence electrons. The number of rotatable bonds is 3. The lowest BCUT2D eigenvalue weighted by Crippen LogP contribution is -1.89. The second-order valence-electron chi connectivity index (χ2n) is 3.48. The minimum absolute atomic E-state index is 0.332. The van der Waals surface area contributed by atoms with Crippen LogP contribution >= 0.6 is 34.9 Å². The molecule has 0 unspecified atom stereocenters. The van der Waals surface area contributed by atoms with Gasteiger partial charge in [0, 0.05) is 29.7 Å². The lowest BCUT2D eigenvalue weighted by molar-refractivity contribution is 0.640. The van der Waals surface area contributed by atoms with E-state index in [1.54, 1.807) is 18.5 Å². The number of aromatic nitrogens is 2. The summed E-state index contributed by atoms with van der Waals surface area (Å²) in [5, 5.41) is 2.68. The number of anilines is 1. The second kappa shape index (κ2) is 4.79. The lowest BCUT2D eigenvalue weighted by Gasteiger charge is -2.05. The molecule has 0 bridgehead atoms. The lowest BCUT2D eigenvalue weighted by atomic mass is 10.2. The number of H-pyrrole nitrogens is 1. The van der Waals surface area contributed by atoms with E-state index in [1.165, 1.54) is 29.4 Å². The van der Waals surface area contributed by atoms with Gasteiger partial charge in [-0.25, -0.2) is 9.37 Å². The fourth-order valence-corrected chi connectivity index (χ4v) is 3.18. The van der Waals surface area contributed by atoms with Crippen LogP contribution in [0.1, 0.15) is 0 Å². The van der Waals surface area contributed by atoms with E-state index in [0.717, 1.165) is 10.0 Å². The van der Waals surface area contributed by atoms with Crippen molar-refractivity contribution in [3.63, 3.8) is 0 Å². The van der Waals surface area contributed by atoms with E-state index >= 15 is 0 Å². The summed E-state index contributed by atoms with van der Waals surface area (Å²) >= 11 is 8.85. The monoisotopic (exact) mass is 299 g/mol. The zero-order chi connectivity index (χ0) is 12.5. The molecule has 0 aliphatic heterocycles. The molecule has 18 heavy (non-hydrogen) atoms. The van der Waals surface area contributed by atoms with E-state index in [4.69, 9.17) is 11.6 Å². The molecule has 7 heteroatoms. The maximum atomic E-state index is 13.6. The largest absolute Gasteiger partial charge is 0.358 e. The summed E-state index contributed by atoms with van der Waals surface area (Å²) in [6.07, 6.45) is 3.31. The number of nitrogens with one attached hydrogen (secondary N) is 2. The maximum absolute atomic E-state index is 13.6. The third kappa shape index (κ3) is 2.07. The maximum Gasteiger partial charge on any atom is 0.170 e. The van der Waals surface area contributed by atoms with Gasteiger partial charge in [0.15, 0.2) is 4.34 Å². The normalized spacial score (nSPS) is 11.0. The molecule has 0 radical (unpaired) electrons. The Hall–Kier alpha value is -1.24. The molecule has 2 heterocycles. The van der Waals surface area contributed by atoms with Crippen molar-refractivity contribution in [1.82, 2.24) is 9.97 Å². The first kappa shape index (κ1) is 11.8. The van der Waals surface area contributed by atoms with Crippen LogP contribution in [0, 0.1) is 5.82 Å². The summed E-state index contributed by atoms with van der Waals surface area (Å²) in [4.78, 5) is 7.11. The molecule has 1 aromatic carbocycles. The average molecular weight is 300 g/mol. The van der Waals surface area contributed by atoms with Crippen LogP contribution in [-0.2, 0) is 0 Å². The van der Waals surface area contributed by atoms with Gasteiger partial charge in [0.05, 0.1) is 21.6 Å². The topological polar surface area (TPSA) is 40.7 Å². The first-order chi connectivity index (χ1) is 8.75. The van der Waals surface area contributed by atoms with Crippen molar-refractivity contribution in [3.05, 3.63) is 40.7 Å². The van der Waals surface area contributed by atoms with Crippen molar-refractivity contribution in [2.24, 2.45) is 0 Å². The minimum Gasteiger partial charge on any atom is -0.358 e. The molecule has 3 nitrogen and oxygen atoms in total. The summed E-state index contributed by atoms with van der Waals surface area (Å²) in [6, 6.07) is 3.07. The Bertz CT molecular complexity index is 681. The second-order valence-corrected chi connectivity index (χ2v) is 5.84. The number of nitrogens with zero attached hydrogens (tertiary/aromatic N) is 1. The highest BCUT2D eigenvalue weighted by Crippen LogP contribution is 2.33. The van der Waals surface area contributed by atoms with Crippen LogP contribution in [0.15, 0.2) is 34.2 Å². The van der Waals surface area contributed by atoms with Gasteiger partial charge < -0.3 is 9.71 Å². The van der Waals surface area contributed by atoms with E-state index in [0.29, 0.717) is 15.9 Å². The molecule has 0 fully saturated rings. The molecule has 0 aliphatic rings. The van der Waals surface area contributed by atoms with Crippen LogP contribution in [0.2, 0.25) is 5.02 Å². The van der Waals surface area contributed by atoms with Crippen LogP contribution < -0.4 is 4.72 Å². The average Bonchev–Trinajstić information content (AvgIpc) is 2.99. The Morgan fingerprint density at radius 2 is 2.33 bits per heavy atom. The van der Waals surface area contributed by atoms with Gasteiger partial charge in [0.25, 0.3) is 0 Å². The Morgan fingerprint density at radius 3 is 3.11 bits per heavy atom. The summed E-state index contributed by atoms with van der Waals surface area (Å²) in [7, 11) is 0. The van der Waals surface area contributed by atoms with Crippen molar-refractivity contribution >= 4 is 51.5 Å². The van der Waals surface area contributed by atoms with Crippen molar-refractivity contribution < 1.29 is 4.39 Å². The van der Waals surface area contributed by atoms with Gasteiger partial charge in [-0.1, -0.05) is 11.6 Å². The third-order valence-corrected chi connectivity index (χ3v) is 4.40. The van der Waals surface area contributed by atoms with Crippen LogP contribution in [0.3, 0.4) is 0 Å². The molecule has 3 aromatic rings. The summed E-state index contributed by atoms with van der Waals surface area (Å²) in [6.45, 7) is 0. The molecule has 0 atom stereocenters.